The molecule has 0 spiro atoms. The van der Waals surface area contributed by atoms with Crippen molar-refractivity contribution in [3.05, 3.63) is 75.5 Å². The van der Waals surface area contributed by atoms with Gasteiger partial charge in [0.25, 0.3) is 0 Å². The number of hydrogen-bond donors (Lipinski definition) is 1. The molecule has 1 aromatic heterocycles. The third-order valence-corrected chi connectivity index (χ3v) is 7.59. The molecule has 3 amide bonds. The third-order valence-electron chi connectivity index (χ3n) is 6.61. The molecule has 0 radical (unpaired) electrons. The van der Waals surface area contributed by atoms with Crippen molar-refractivity contribution in [1.82, 2.24) is 9.80 Å². The highest BCUT2D eigenvalue weighted by Gasteiger charge is 2.25. The fraction of sp³-hybridized carbons (Fsp3) is 0.400. The molecule has 3 aromatic rings. The predicted octanol–water partition coefficient (Wildman–Crippen LogP) is 6.29. The van der Waals surface area contributed by atoms with Gasteiger partial charge in [-0.05, 0) is 75.6 Å². The van der Waals surface area contributed by atoms with E-state index in [-0.39, 0.29) is 24.5 Å². The molecule has 204 valence electrons. The summed E-state index contributed by atoms with van der Waals surface area (Å²) in [5.74, 6) is 1.24. The number of nitrogens with one attached hydrogen (secondary N) is 1. The summed E-state index contributed by atoms with van der Waals surface area (Å²) in [4.78, 5) is 32.7. The van der Waals surface area contributed by atoms with E-state index in [1.165, 1.54) is 4.88 Å². The van der Waals surface area contributed by atoms with Crippen LogP contribution in [0.2, 0.25) is 0 Å². The van der Waals surface area contributed by atoms with Crippen LogP contribution in [-0.4, -0.2) is 55.1 Å². The van der Waals surface area contributed by atoms with Crippen molar-refractivity contribution in [1.29, 1.82) is 0 Å². The van der Waals surface area contributed by atoms with Crippen LogP contribution >= 0.6 is 11.3 Å². The van der Waals surface area contributed by atoms with Gasteiger partial charge in [0.15, 0.2) is 11.5 Å². The first-order chi connectivity index (χ1) is 18.2. The Hall–Kier alpha value is -3.52. The van der Waals surface area contributed by atoms with E-state index < -0.39 is 0 Å². The second-order valence-corrected chi connectivity index (χ2v) is 10.8. The maximum absolute atomic E-state index is 13.7. The highest BCUT2D eigenvalue weighted by atomic mass is 32.1. The van der Waals surface area contributed by atoms with Gasteiger partial charge in [-0.1, -0.05) is 30.7 Å². The standard InChI is InChI=1S/C30H39N3O4S/c1-7-22(3)33(30(35)31-25-12-8-21(2)9-13-25)20-29(34)32(19-26-14-10-23(4)38-26)17-16-24-11-15-27(36-5)28(18-24)37-6/h8-15,18,22H,7,16-17,19-20H2,1-6H3,(H,31,35). The molecule has 0 aliphatic carbocycles. The van der Waals surface area contributed by atoms with Gasteiger partial charge in [-0.3, -0.25) is 4.79 Å². The first kappa shape index (κ1) is 29.0. The second kappa shape index (κ2) is 13.9. The van der Waals surface area contributed by atoms with Crippen molar-refractivity contribution in [2.45, 2.75) is 53.1 Å². The Morgan fingerprint density at radius 1 is 0.974 bits per heavy atom. The molecule has 3 rings (SSSR count). The molecule has 1 N–H and O–H groups in total. The summed E-state index contributed by atoms with van der Waals surface area (Å²) >= 11 is 1.68. The Morgan fingerprint density at radius 3 is 2.29 bits per heavy atom. The zero-order valence-corrected chi connectivity index (χ0v) is 24.1. The molecular weight excluding hydrogens is 498 g/mol. The monoisotopic (exact) mass is 537 g/mol. The van der Waals surface area contributed by atoms with Gasteiger partial charge in [0, 0.05) is 28.0 Å². The number of aryl methyl sites for hydroxylation is 2. The lowest BCUT2D eigenvalue weighted by Crippen LogP contribution is -2.48. The zero-order chi connectivity index (χ0) is 27.7. The third kappa shape index (κ3) is 7.99. The minimum Gasteiger partial charge on any atom is -0.493 e. The quantitative estimate of drug-likeness (QED) is 0.295. The van der Waals surface area contributed by atoms with Crippen molar-refractivity contribution in [3.8, 4) is 11.5 Å². The molecule has 0 saturated carbocycles. The Bertz CT molecular complexity index is 1210. The van der Waals surface area contributed by atoms with Gasteiger partial charge in [-0.2, -0.15) is 0 Å². The molecule has 38 heavy (non-hydrogen) atoms. The molecule has 1 heterocycles. The molecule has 7 nitrogen and oxygen atoms in total. The number of methoxy groups -OCH3 is 2. The number of rotatable bonds is 12. The number of carbonyl (C=O) groups excluding carboxylic acids is 2. The zero-order valence-electron chi connectivity index (χ0n) is 23.2. The van der Waals surface area contributed by atoms with Crippen LogP contribution in [0.25, 0.3) is 0 Å². The summed E-state index contributed by atoms with van der Waals surface area (Å²) < 4.78 is 10.8. The number of anilines is 1. The molecule has 8 heteroatoms. The van der Waals surface area contributed by atoms with Crippen molar-refractivity contribution in [2.75, 3.05) is 32.6 Å². The fourth-order valence-corrected chi connectivity index (χ4v) is 4.98. The van der Waals surface area contributed by atoms with Gasteiger partial charge in [-0.15, -0.1) is 11.3 Å². The molecule has 0 fully saturated rings. The van der Waals surface area contributed by atoms with E-state index >= 15 is 0 Å². The van der Waals surface area contributed by atoms with Gasteiger partial charge in [0.2, 0.25) is 5.91 Å². The normalized spacial score (nSPS) is 11.5. The Morgan fingerprint density at radius 2 is 1.68 bits per heavy atom. The van der Waals surface area contributed by atoms with Crippen molar-refractivity contribution < 1.29 is 19.1 Å². The molecule has 2 aromatic carbocycles. The van der Waals surface area contributed by atoms with Crippen LogP contribution in [0.5, 0.6) is 11.5 Å². The first-order valence-corrected chi connectivity index (χ1v) is 13.7. The van der Waals surface area contributed by atoms with Crippen LogP contribution in [0.3, 0.4) is 0 Å². The van der Waals surface area contributed by atoms with E-state index in [1.807, 2.05) is 68.1 Å². The molecule has 1 atom stereocenters. The van der Waals surface area contributed by atoms with Crippen LogP contribution in [0.1, 0.15) is 41.1 Å². The molecule has 1 unspecified atom stereocenters. The van der Waals surface area contributed by atoms with Crippen LogP contribution in [0.15, 0.2) is 54.6 Å². The summed E-state index contributed by atoms with van der Waals surface area (Å²) in [7, 11) is 3.22. The minimum absolute atomic E-state index is 0.00297. The SMILES string of the molecule is CCC(C)N(CC(=O)N(CCc1ccc(OC)c(OC)c1)Cc1ccc(C)s1)C(=O)Nc1ccc(C)cc1. The predicted molar refractivity (Wildman–Crippen MR) is 154 cm³/mol. The summed E-state index contributed by atoms with van der Waals surface area (Å²) in [6.45, 7) is 9.06. The molecular formula is C30H39N3O4S. The van der Waals surface area contributed by atoms with E-state index in [2.05, 4.69) is 24.4 Å². The summed E-state index contributed by atoms with van der Waals surface area (Å²) in [5.41, 5.74) is 2.87. The summed E-state index contributed by atoms with van der Waals surface area (Å²) in [6, 6.07) is 17.2. The van der Waals surface area contributed by atoms with E-state index in [1.54, 1.807) is 30.5 Å². The van der Waals surface area contributed by atoms with Crippen LogP contribution < -0.4 is 14.8 Å². The molecule has 0 bridgehead atoms. The molecule has 0 aliphatic rings. The average molecular weight is 538 g/mol. The van der Waals surface area contributed by atoms with E-state index in [4.69, 9.17) is 9.47 Å². The fourth-order valence-electron chi connectivity index (χ4n) is 4.08. The lowest BCUT2D eigenvalue weighted by Gasteiger charge is -2.31. The van der Waals surface area contributed by atoms with Crippen LogP contribution in [0.4, 0.5) is 10.5 Å². The number of amides is 3. The highest BCUT2D eigenvalue weighted by molar-refractivity contribution is 7.11. The maximum atomic E-state index is 13.7. The van der Waals surface area contributed by atoms with E-state index in [0.29, 0.717) is 36.7 Å². The number of urea groups is 1. The number of carbonyl (C=O) groups is 2. The second-order valence-electron chi connectivity index (χ2n) is 9.45. The number of hydrogen-bond acceptors (Lipinski definition) is 5. The topological polar surface area (TPSA) is 71.1 Å². The van der Waals surface area contributed by atoms with Gasteiger partial charge in [0.1, 0.15) is 6.54 Å². The Kier molecular flexibility index (Phi) is 10.6. The first-order valence-electron chi connectivity index (χ1n) is 12.9. The van der Waals surface area contributed by atoms with Gasteiger partial charge in [-0.25, -0.2) is 4.79 Å². The van der Waals surface area contributed by atoms with Gasteiger partial charge >= 0.3 is 6.03 Å². The van der Waals surface area contributed by atoms with Crippen LogP contribution in [-0.2, 0) is 17.8 Å². The molecule has 0 aliphatic heterocycles. The van der Waals surface area contributed by atoms with Crippen molar-refractivity contribution in [2.24, 2.45) is 0 Å². The largest absolute Gasteiger partial charge is 0.493 e. The van der Waals surface area contributed by atoms with Crippen molar-refractivity contribution in [3.63, 3.8) is 0 Å². The maximum Gasteiger partial charge on any atom is 0.322 e. The summed E-state index contributed by atoms with van der Waals surface area (Å²) in [6.07, 6.45) is 1.39. The number of thiophene rings is 1. The van der Waals surface area contributed by atoms with Gasteiger partial charge < -0.3 is 24.6 Å². The minimum atomic E-state index is -0.275. The Labute approximate surface area is 230 Å². The summed E-state index contributed by atoms with van der Waals surface area (Å²) in [5, 5.41) is 2.96. The number of ether oxygens (including phenoxy) is 2. The van der Waals surface area contributed by atoms with E-state index in [0.717, 1.165) is 22.4 Å². The average Bonchev–Trinajstić information content (AvgIpc) is 3.34. The lowest BCUT2D eigenvalue weighted by atomic mass is 10.1. The number of benzene rings is 2. The van der Waals surface area contributed by atoms with E-state index in [9.17, 15) is 9.59 Å². The highest BCUT2D eigenvalue weighted by Crippen LogP contribution is 2.28. The van der Waals surface area contributed by atoms with Crippen LogP contribution in [0, 0.1) is 13.8 Å². The lowest BCUT2D eigenvalue weighted by molar-refractivity contribution is -0.132. The van der Waals surface area contributed by atoms with Gasteiger partial charge in [0.05, 0.1) is 20.8 Å². The molecule has 0 saturated heterocycles. The smallest absolute Gasteiger partial charge is 0.322 e. The van der Waals surface area contributed by atoms with Crippen molar-refractivity contribution >= 4 is 29.0 Å². The Balaban J connectivity index is 1.77. The number of nitrogens with zero attached hydrogens (tertiary/aromatic N) is 2.